The molecule has 0 radical (unpaired) electrons. The normalized spacial score (nSPS) is 24.3. The van der Waals surface area contributed by atoms with E-state index in [0.717, 1.165) is 13.0 Å². The lowest BCUT2D eigenvalue weighted by atomic mass is 9.90. The van der Waals surface area contributed by atoms with Crippen molar-refractivity contribution in [3.63, 3.8) is 0 Å². The van der Waals surface area contributed by atoms with Crippen LogP contribution < -0.4 is 16.0 Å². The molecule has 0 spiro atoms. The SMILES string of the molecule is Clc1ccc(CN[C@@H]2CCC[C@H](NC3C=Cc4ccccc4N3)C2)cc1Cl. The van der Waals surface area contributed by atoms with Gasteiger partial charge in [0.05, 0.1) is 16.2 Å². The topological polar surface area (TPSA) is 36.1 Å². The molecular formula is C22H25Cl2N3. The summed E-state index contributed by atoms with van der Waals surface area (Å²) < 4.78 is 0. The van der Waals surface area contributed by atoms with E-state index in [1.165, 1.54) is 36.1 Å². The fraction of sp³-hybridized carbons (Fsp3) is 0.364. The molecule has 3 N–H and O–H groups in total. The van der Waals surface area contributed by atoms with Crippen LogP contribution in [0.25, 0.3) is 6.08 Å². The van der Waals surface area contributed by atoms with Crippen molar-refractivity contribution in [1.82, 2.24) is 10.6 Å². The van der Waals surface area contributed by atoms with Crippen molar-refractivity contribution in [3.05, 3.63) is 69.7 Å². The minimum atomic E-state index is 0.193. The van der Waals surface area contributed by atoms with Gasteiger partial charge in [0.15, 0.2) is 0 Å². The maximum absolute atomic E-state index is 6.12. The van der Waals surface area contributed by atoms with Crippen LogP contribution in [-0.4, -0.2) is 18.2 Å². The Morgan fingerprint density at radius 1 is 1.00 bits per heavy atom. The summed E-state index contributed by atoms with van der Waals surface area (Å²) in [7, 11) is 0. The van der Waals surface area contributed by atoms with Gasteiger partial charge in [0.2, 0.25) is 0 Å². The van der Waals surface area contributed by atoms with Crippen molar-refractivity contribution in [2.45, 2.75) is 50.5 Å². The van der Waals surface area contributed by atoms with E-state index in [0.29, 0.717) is 22.1 Å². The van der Waals surface area contributed by atoms with Gasteiger partial charge in [-0.1, -0.05) is 60.0 Å². The molecule has 1 unspecified atom stereocenters. The van der Waals surface area contributed by atoms with Crippen LogP contribution in [0.15, 0.2) is 48.5 Å². The van der Waals surface area contributed by atoms with Gasteiger partial charge >= 0.3 is 0 Å². The highest BCUT2D eigenvalue weighted by Crippen LogP contribution is 2.25. The highest BCUT2D eigenvalue weighted by molar-refractivity contribution is 6.42. The summed E-state index contributed by atoms with van der Waals surface area (Å²) >= 11 is 12.1. The van der Waals surface area contributed by atoms with Gasteiger partial charge < -0.3 is 10.6 Å². The summed E-state index contributed by atoms with van der Waals surface area (Å²) in [6, 6.07) is 15.3. The number of hydrogen-bond donors (Lipinski definition) is 3. The maximum Gasteiger partial charge on any atom is 0.0966 e. The fourth-order valence-electron chi connectivity index (χ4n) is 3.98. The Bertz CT molecular complexity index is 821. The molecule has 0 bridgehead atoms. The third kappa shape index (κ3) is 4.85. The Balaban J connectivity index is 1.29. The third-order valence-electron chi connectivity index (χ3n) is 5.41. The molecule has 5 heteroatoms. The molecule has 0 saturated heterocycles. The molecule has 2 aromatic rings. The quantitative estimate of drug-likeness (QED) is 0.623. The molecule has 142 valence electrons. The number of nitrogens with one attached hydrogen (secondary N) is 3. The summed E-state index contributed by atoms with van der Waals surface area (Å²) in [6.07, 6.45) is 9.42. The van der Waals surface area contributed by atoms with Crippen LogP contribution in [0, 0.1) is 0 Å². The lowest BCUT2D eigenvalue weighted by Gasteiger charge is -2.34. The fourth-order valence-corrected chi connectivity index (χ4v) is 4.30. The summed E-state index contributed by atoms with van der Waals surface area (Å²) in [4.78, 5) is 0. The number of anilines is 1. The van der Waals surface area contributed by atoms with Crippen molar-refractivity contribution in [2.75, 3.05) is 5.32 Å². The minimum absolute atomic E-state index is 0.193. The maximum atomic E-state index is 6.12. The molecule has 1 aliphatic heterocycles. The van der Waals surface area contributed by atoms with Gasteiger partial charge in [-0.2, -0.15) is 0 Å². The van der Waals surface area contributed by atoms with Crippen LogP contribution in [0.3, 0.4) is 0 Å². The van der Waals surface area contributed by atoms with Crippen LogP contribution in [0.5, 0.6) is 0 Å². The Labute approximate surface area is 171 Å². The molecule has 1 heterocycles. The van der Waals surface area contributed by atoms with E-state index >= 15 is 0 Å². The van der Waals surface area contributed by atoms with E-state index in [1.54, 1.807) is 0 Å². The molecule has 27 heavy (non-hydrogen) atoms. The lowest BCUT2D eigenvalue weighted by molar-refractivity contribution is 0.296. The number of hydrogen-bond acceptors (Lipinski definition) is 3. The van der Waals surface area contributed by atoms with E-state index in [-0.39, 0.29) is 6.17 Å². The molecule has 2 aliphatic rings. The molecule has 1 aliphatic carbocycles. The first-order valence-electron chi connectivity index (χ1n) is 9.64. The van der Waals surface area contributed by atoms with Crippen molar-refractivity contribution >= 4 is 35.0 Å². The molecule has 1 saturated carbocycles. The predicted molar refractivity (Wildman–Crippen MR) is 115 cm³/mol. The highest BCUT2D eigenvalue weighted by Gasteiger charge is 2.24. The molecule has 2 aromatic carbocycles. The zero-order valence-electron chi connectivity index (χ0n) is 15.2. The van der Waals surface area contributed by atoms with Crippen molar-refractivity contribution in [3.8, 4) is 0 Å². The van der Waals surface area contributed by atoms with Gasteiger partial charge in [-0.15, -0.1) is 0 Å². The van der Waals surface area contributed by atoms with Gasteiger partial charge in [0.25, 0.3) is 0 Å². The average Bonchev–Trinajstić information content (AvgIpc) is 2.69. The second-order valence-corrected chi connectivity index (χ2v) is 8.24. The monoisotopic (exact) mass is 401 g/mol. The minimum Gasteiger partial charge on any atom is -0.366 e. The van der Waals surface area contributed by atoms with Crippen LogP contribution in [0.2, 0.25) is 10.0 Å². The Kier molecular flexibility index (Phi) is 6.04. The molecule has 4 rings (SSSR count). The first-order valence-corrected chi connectivity index (χ1v) is 10.4. The van der Waals surface area contributed by atoms with Crippen molar-refractivity contribution in [1.29, 1.82) is 0 Å². The first-order chi connectivity index (χ1) is 13.2. The summed E-state index contributed by atoms with van der Waals surface area (Å²) in [6.45, 7) is 0.823. The summed E-state index contributed by atoms with van der Waals surface area (Å²) in [5, 5.41) is 12.3. The van der Waals surface area contributed by atoms with Crippen molar-refractivity contribution < 1.29 is 0 Å². The summed E-state index contributed by atoms with van der Waals surface area (Å²) in [5.74, 6) is 0. The van der Waals surface area contributed by atoms with Crippen LogP contribution in [0.1, 0.15) is 36.8 Å². The Morgan fingerprint density at radius 3 is 2.74 bits per heavy atom. The van der Waals surface area contributed by atoms with Gasteiger partial charge in [0, 0.05) is 24.3 Å². The van der Waals surface area contributed by atoms with Gasteiger partial charge in [-0.05, 0) is 54.7 Å². The summed E-state index contributed by atoms with van der Waals surface area (Å²) in [5.41, 5.74) is 3.62. The number of rotatable bonds is 5. The van der Waals surface area contributed by atoms with Gasteiger partial charge in [-0.3, -0.25) is 5.32 Å². The van der Waals surface area contributed by atoms with E-state index in [4.69, 9.17) is 23.2 Å². The van der Waals surface area contributed by atoms with E-state index in [1.807, 2.05) is 18.2 Å². The predicted octanol–water partition coefficient (Wildman–Crippen LogP) is 5.45. The van der Waals surface area contributed by atoms with E-state index < -0.39 is 0 Å². The molecule has 3 atom stereocenters. The zero-order chi connectivity index (χ0) is 18.6. The first kappa shape index (κ1) is 18.8. The average molecular weight is 402 g/mol. The highest BCUT2D eigenvalue weighted by atomic mass is 35.5. The van der Waals surface area contributed by atoms with E-state index in [2.05, 4.69) is 52.4 Å². The molecule has 3 nitrogen and oxygen atoms in total. The van der Waals surface area contributed by atoms with Crippen LogP contribution >= 0.6 is 23.2 Å². The number of halogens is 2. The second kappa shape index (κ2) is 8.66. The number of para-hydroxylation sites is 1. The Morgan fingerprint density at radius 2 is 1.85 bits per heavy atom. The molecular weight excluding hydrogens is 377 g/mol. The second-order valence-electron chi connectivity index (χ2n) is 7.42. The molecule has 0 aromatic heterocycles. The zero-order valence-corrected chi connectivity index (χ0v) is 16.7. The molecule has 0 amide bonds. The number of fused-ring (bicyclic) bond motifs is 1. The lowest BCUT2D eigenvalue weighted by Crippen LogP contribution is -2.47. The van der Waals surface area contributed by atoms with Gasteiger partial charge in [-0.25, -0.2) is 0 Å². The smallest absolute Gasteiger partial charge is 0.0966 e. The van der Waals surface area contributed by atoms with Gasteiger partial charge in [0.1, 0.15) is 0 Å². The standard InChI is InChI=1S/C22H25Cl2N3/c23-19-10-8-15(12-20(19)24)14-25-17-5-3-6-18(13-17)26-22-11-9-16-4-1-2-7-21(16)27-22/h1-2,4,7-12,17-18,22,25-27H,3,5-6,13-14H2/t17-,18+,22?/m1/s1. The largest absolute Gasteiger partial charge is 0.366 e. The van der Waals surface area contributed by atoms with Crippen molar-refractivity contribution in [2.24, 2.45) is 0 Å². The Hall–Kier alpha value is -1.52. The number of benzene rings is 2. The van der Waals surface area contributed by atoms with Crippen LogP contribution in [0.4, 0.5) is 5.69 Å². The van der Waals surface area contributed by atoms with Crippen LogP contribution in [-0.2, 0) is 6.54 Å². The van der Waals surface area contributed by atoms with E-state index in [9.17, 15) is 0 Å². The molecule has 1 fully saturated rings. The third-order valence-corrected chi connectivity index (χ3v) is 6.15.